The molecule has 1 saturated heterocycles. The first-order valence-electron chi connectivity index (χ1n) is 6.37. The monoisotopic (exact) mass is 266 g/mol. The molecule has 19 heavy (non-hydrogen) atoms. The van der Waals surface area contributed by atoms with Gasteiger partial charge in [-0.25, -0.2) is 4.39 Å². The maximum absolute atomic E-state index is 13.8. The van der Waals surface area contributed by atoms with Crippen molar-refractivity contribution < 1.29 is 18.4 Å². The molecule has 0 bridgehead atoms. The molecular formula is C14H20BFO3. The van der Waals surface area contributed by atoms with E-state index < -0.39 is 18.3 Å². The van der Waals surface area contributed by atoms with Crippen molar-refractivity contribution in [2.75, 3.05) is 7.11 Å². The van der Waals surface area contributed by atoms with Crippen LogP contribution in [0.1, 0.15) is 33.3 Å². The van der Waals surface area contributed by atoms with Crippen LogP contribution in [0.5, 0.6) is 5.75 Å². The van der Waals surface area contributed by atoms with E-state index in [1.54, 1.807) is 19.1 Å². The van der Waals surface area contributed by atoms with Gasteiger partial charge in [-0.15, -0.1) is 0 Å². The van der Waals surface area contributed by atoms with Crippen LogP contribution < -0.4 is 10.2 Å². The molecule has 1 fully saturated rings. The van der Waals surface area contributed by atoms with Crippen molar-refractivity contribution >= 4 is 12.6 Å². The van der Waals surface area contributed by atoms with Gasteiger partial charge in [-0.05, 0) is 51.7 Å². The van der Waals surface area contributed by atoms with E-state index >= 15 is 0 Å². The standard InChI is InChI=1S/C14H20BFO3/c1-9-7-10(8-11(17-6)12(9)16)15-18-13(2,3)14(4,5)19-15/h7-8H,1-6H3. The van der Waals surface area contributed by atoms with Gasteiger partial charge in [0.25, 0.3) is 0 Å². The third-order valence-electron chi connectivity index (χ3n) is 3.99. The van der Waals surface area contributed by atoms with E-state index in [9.17, 15) is 4.39 Å². The molecule has 0 aliphatic carbocycles. The van der Waals surface area contributed by atoms with Crippen LogP contribution in [0.2, 0.25) is 0 Å². The number of ether oxygens (including phenoxy) is 1. The van der Waals surface area contributed by atoms with Gasteiger partial charge in [-0.2, -0.15) is 0 Å². The Balaban J connectivity index is 2.37. The summed E-state index contributed by atoms with van der Waals surface area (Å²) in [5, 5.41) is 0. The summed E-state index contributed by atoms with van der Waals surface area (Å²) in [5.41, 5.74) is 0.471. The zero-order valence-corrected chi connectivity index (χ0v) is 12.3. The van der Waals surface area contributed by atoms with E-state index in [0.29, 0.717) is 5.56 Å². The van der Waals surface area contributed by atoms with Gasteiger partial charge in [0.1, 0.15) is 0 Å². The molecule has 0 saturated carbocycles. The summed E-state index contributed by atoms with van der Waals surface area (Å²) in [6, 6.07) is 3.37. The fourth-order valence-electron chi connectivity index (χ4n) is 2.03. The van der Waals surface area contributed by atoms with Gasteiger partial charge >= 0.3 is 7.12 Å². The number of benzene rings is 1. The van der Waals surface area contributed by atoms with Gasteiger partial charge in [0.15, 0.2) is 11.6 Å². The first kappa shape index (κ1) is 14.3. The average Bonchev–Trinajstić information content (AvgIpc) is 2.52. The molecule has 5 heteroatoms. The van der Waals surface area contributed by atoms with Crippen molar-refractivity contribution in [3.63, 3.8) is 0 Å². The zero-order valence-electron chi connectivity index (χ0n) is 12.3. The average molecular weight is 266 g/mol. The molecule has 1 aliphatic heterocycles. The molecule has 3 nitrogen and oxygen atoms in total. The first-order chi connectivity index (χ1) is 8.68. The van der Waals surface area contributed by atoms with Gasteiger partial charge in [-0.1, -0.05) is 6.07 Å². The molecule has 0 radical (unpaired) electrons. The Labute approximate surface area is 114 Å². The molecule has 104 valence electrons. The van der Waals surface area contributed by atoms with E-state index in [-0.39, 0.29) is 11.6 Å². The van der Waals surface area contributed by atoms with Crippen LogP contribution in [-0.2, 0) is 9.31 Å². The highest BCUT2D eigenvalue weighted by Gasteiger charge is 2.51. The highest BCUT2D eigenvalue weighted by molar-refractivity contribution is 6.62. The van der Waals surface area contributed by atoms with Gasteiger partial charge in [0.2, 0.25) is 0 Å². The number of hydrogen-bond acceptors (Lipinski definition) is 3. The topological polar surface area (TPSA) is 27.7 Å². The van der Waals surface area contributed by atoms with Crippen molar-refractivity contribution in [3.05, 3.63) is 23.5 Å². The van der Waals surface area contributed by atoms with Gasteiger partial charge in [0, 0.05) is 0 Å². The highest BCUT2D eigenvalue weighted by Crippen LogP contribution is 2.36. The third-order valence-corrected chi connectivity index (χ3v) is 3.99. The Hall–Kier alpha value is -1.07. The lowest BCUT2D eigenvalue weighted by Gasteiger charge is -2.32. The van der Waals surface area contributed by atoms with Crippen molar-refractivity contribution in [2.24, 2.45) is 0 Å². The molecule has 0 spiro atoms. The molecule has 1 aromatic rings. The molecule has 0 aromatic heterocycles. The quantitative estimate of drug-likeness (QED) is 0.769. The Morgan fingerprint density at radius 1 is 1.11 bits per heavy atom. The Bertz CT molecular complexity index is 484. The number of hydrogen-bond donors (Lipinski definition) is 0. The van der Waals surface area contributed by atoms with Crippen LogP contribution in [-0.4, -0.2) is 25.4 Å². The largest absolute Gasteiger partial charge is 0.494 e. The zero-order chi connectivity index (χ0) is 14.4. The predicted molar refractivity (Wildman–Crippen MR) is 73.4 cm³/mol. The van der Waals surface area contributed by atoms with E-state index in [0.717, 1.165) is 5.46 Å². The summed E-state index contributed by atoms with van der Waals surface area (Å²) >= 11 is 0. The molecule has 1 aliphatic rings. The van der Waals surface area contributed by atoms with Crippen LogP contribution in [0.15, 0.2) is 12.1 Å². The second-order valence-electron chi connectivity index (χ2n) is 5.94. The fourth-order valence-corrected chi connectivity index (χ4v) is 2.03. The summed E-state index contributed by atoms with van der Waals surface area (Å²) in [6.07, 6.45) is 0. The SMILES string of the molecule is COc1cc(B2OC(C)(C)C(C)(C)O2)cc(C)c1F. The van der Waals surface area contributed by atoms with Gasteiger partial charge in [-0.3, -0.25) is 0 Å². The Kier molecular flexibility index (Phi) is 3.39. The maximum atomic E-state index is 13.8. The van der Waals surface area contributed by atoms with Gasteiger partial charge in [0.05, 0.1) is 18.3 Å². The minimum absolute atomic E-state index is 0.213. The number of rotatable bonds is 2. The Morgan fingerprint density at radius 3 is 2.11 bits per heavy atom. The minimum atomic E-state index is -0.502. The lowest BCUT2D eigenvalue weighted by atomic mass is 9.78. The molecule has 1 heterocycles. The second kappa shape index (κ2) is 4.49. The van der Waals surface area contributed by atoms with Gasteiger partial charge < -0.3 is 14.0 Å². The molecule has 2 rings (SSSR count). The van der Waals surface area contributed by atoms with Crippen LogP contribution in [0.4, 0.5) is 4.39 Å². The van der Waals surface area contributed by atoms with E-state index in [1.807, 2.05) is 27.7 Å². The van der Waals surface area contributed by atoms with Crippen molar-refractivity contribution in [3.8, 4) is 5.75 Å². The van der Waals surface area contributed by atoms with Crippen LogP contribution >= 0.6 is 0 Å². The molecular weight excluding hydrogens is 246 g/mol. The second-order valence-corrected chi connectivity index (χ2v) is 5.94. The van der Waals surface area contributed by atoms with Crippen molar-refractivity contribution in [1.82, 2.24) is 0 Å². The summed E-state index contributed by atoms with van der Waals surface area (Å²) in [6.45, 7) is 9.65. The molecule has 0 atom stereocenters. The van der Waals surface area contributed by atoms with Crippen LogP contribution in [0, 0.1) is 12.7 Å². The summed E-state index contributed by atoms with van der Waals surface area (Å²) in [4.78, 5) is 0. The highest BCUT2D eigenvalue weighted by atomic mass is 19.1. The summed E-state index contributed by atoms with van der Waals surface area (Å²) in [7, 11) is 0.949. The van der Waals surface area contributed by atoms with E-state index in [1.165, 1.54) is 7.11 Å². The first-order valence-corrected chi connectivity index (χ1v) is 6.37. The molecule has 1 aromatic carbocycles. The summed E-state index contributed by atoms with van der Waals surface area (Å²) < 4.78 is 30.7. The van der Waals surface area contributed by atoms with Crippen LogP contribution in [0.25, 0.3) is 0 Å². The molecule has 0 amide bonds. The summed E-state index contributed by atoms with van der Waals surface area (Å²) in [5.74, 6) is -0.132. The number of methoxy groups -OCH3 is 1. The Morgan fingerprint density at radius 2 is 1.63 bits per heavy atom. The lowest BCUT2D eigenvalue weighted by Crippen LogP contribution is -2.41. The van der Waals surface area contributed by atoms with E-state index in [4.69, 9.17) is 14.0 Å². The van der Waals surface area contributed by atoms with Crippen molar-refractivity contribution in [1.29, 1.82) is 0 Å². The predicted octanol–water partition coefficient (Wildman–Crippen LogP) is 2.44. The maximum Gasteiger partial charge on any atom is 0.494 e. The lowest BCUT2D eigenvalue weighted by molar-refractivity contribution is 0.00578. The number of halogens is 1. The third kappa shape index (κ3) is 2.37. The molecule has 0 N–H and O–H groups in total. The van der Waals surface area contributed by atoms with E-state index in [2.05, 4.69) is 0 Å². The minimum Gasteiger partial charge on any atom is -0.494 e. The fraction of sp³-hybridized carbons (Fsp3) is 0.571. The number of aryl methyl sites for hydroxylation is 1. The smallest absolute Gasteiger partial charge is 0.494 e. The van der Waals surface area contributed by atoms with Crippen molar-refractivity contribution in [2.45, 2.75) is 45.8 Å². The molecule has 0 unspecified atom stereocenters. The normalized spacial score (nSPS) is 20.7. The van der Waals surface area contributed by atoms with Crippen LogP contribution in [0.3, 0.4) is 0 Å².